The first-order valence-electron chi connectivity index (χ1n) is 8.81. The van der Waals surface area contributed by atoms with Crippen LogP contribution < -0.4 is 0 Å². The normalized spacial score (nSPS) is 17.3. The van der Waals surface area contributed by atoms with Gasteiger partial charge in [0, 0.05) is 31.6 Å². The first-order valence-corrected chi connectivity index (χ1v) is 9.69. The maximum Gasteiger partial charge on any atom is 0.451 e. The number of piperazine rings is 1. The number of aromatic nitrogens is 2. The zero-order valence-electron chi connectivity index (χ0n) is 15.2. The summed E-state index contributed by atoms with van der Waals surface area (Å²) in [4.78, 5) is 24.1. The Morgan fingerprint density at radius 3 is 2.48 bits per heavy atom. The monoisotopic (exact) mass is 398 g/mol. The minimum atomic E-state index is -4.64. The third-order valence-electron chi connectivity index (χ3n) is 4.59. The Bertz CT molecular complexity index is 822. The average molecular weight is 398 g/mol. The Morgan fingerprint density at radius 2 is 1.85 bits per heavy atom. The highest BCUT2D eigenvalue weighted by Gasteiger charge is 2.36. The third kappa shape index (κ3) is 4.52. The molecule has 1 aliphatic rings. The molecular formula is C18H21F3N4OS. The second-order valence-corrected chi connectivity index (χ2v) is 7.72. The minimum Gasteiger partial charge on any atom is -0.339 e. The van der Waals surface area contributed by atoms with E-state index in [0.29, 0.717) is 18.5 Å². The van der Waals surface area contributed by atoms with Crippen LogP contribution in [0.25, 0.3) is 10.9 Å². The standard InChI is InChI=1S/C18H21F3N4OS/c1-3-24-8-10-25(11-9-24)16(26)12(2)27-15-13-6-4-5-7-14(13)22-17(23-15)18(19,20)21/h4-7,12H,3,8-11H2,1-2H3. The predicted octanol–water partition coefficient (Wildman–Crippen LogP) is 3.29. The van der Waals surface area contributed by atoms with Crippen molar-refractivity contribution in [1.29, 1.82) is 0 Å². The molecule has 1 aromatic carbocycles. The fourth-order valence-corrected chi connectivity index (χ4v) is 4.05. The first-order chi connectivity index (χ1) is 12.8. The fourth-order valence-electron chi connectivity index (χ4n) is 3.02. The van der Waals surface area contributed by atoms with E-state index < -0.39 is 17.3 Å². The van der Waals surface area contributed by atoms with Crippen LogP contribution in [-0.4, -0.2) is 63.6 Å². The second-order valence-electron chi connectivity index (χ2n) is 6.39. The summed E-state index contributed by atoms with van der Waals surface area (Å²) < 4.78 is 39.4. The molecule has 0 radical (unpaired) electrons. The quantitative estimate of drug-likeness (QED) is 0.584. The van der Waals surface area contributed by atoms with Gasteiger partial charge in [0.2, 0.25) is 11.7 Å². The van der Waals surface area contributed by atoms with Gasteiger partial charge in [0.1, 0.15) is 5.03 Å². The van der Waals surface area contributed by atoms with Gasteiger partial charge >= 0.3 is 6.18 Å². The molecule has 0 spiro atoms. The minimum absolute atomic E-state index is 0.0768. The van der Waals surface area contributed by atoms with Crippen LogP contribution in [0.15, 0.2) is 29.3 Å². The number of carbonyl (C=O) groups is 1. The second kappa shape index (κ2) is 8.02. The highest BCUT2D eigenvalue weighted by molar-refractivity contribution is 8.00. The highest BCUT2D eigenvalue weighted by atomic mass is 32.2. The number of nitrogens with zero attached hydrogens (tertiary/aromatic N) is 4. The molecule has 1 fully saturated rings. The van der Waals surface area contributed by atoms with Gasteiger partial charge in [-0.05, 0) is 19.5 Å². The summed E-state index contributed by atoms with van der Waals surface area (Å²) in [5, 5.41) is 0.171. The van der Waals surface area contributed by atoms with Crippen molar-refractivity contribution in [2.75, 3.05) is 32.7 Å². The molecule has 9 heteroatoms. The molecule has 1 aromatic heterocycles. The zero-order chi connectivity index (χ0) is 19.6. The third-order valence-corrected chi connectivity index (χ3v) is 5.68. The van der Waals surface area contributed by atoms with Crippen LogP contribution in [0.3, 0.4) is 0 Å². The molecule has 0 aliphatic carbocycles. The Hall–Kier alpha value is -1.87. The number of hydrogen-bond acceptors (Lipinski definition) is 5. The number of amides is 1. The number of fused-ring (bicyclic) bond motifs is 1. The van der Waals surface area contributed by atoms with E-state index in [0.717, 1.165) is 31.4 Å². The molecule has 27 heavy (non-hydrogen) atoms. The number of likely N-dealkylation sites (N-methyl/N-ethyl adjacent to an activating group) is 1. The number of thioether (sulfide) groups is 1. The smallest absolute Gasteiger partial charge is 0.339 e. The van der Waals surface area contributed by atoms with E-state index in [1.165, 1.54) is 6.07 Å². The van der Waals surface area contributed by atoms with Crippen molar-refractivity contribution >= 4 is 28.6 Å². The van der Waals surface area contributed by atoms with E-state index in [4.69, 9.17) is 0 Å². The Kier molecular flexibility index (Phi) is 5.90. The van der Waals surface area contributed by atoms with Gasteiger partial charge in [0.25, 0.3) is 0 Å². The Balaban J connectivity index is 1.82. The lowest BCUT2D eigenvalue weighted by atomic mass is 10.2. The molecule has 2 aromatic rings. The van der Waals surface area contributed by atoms with Crippen molar-refractivity contribution in [3.8, 4) is 0 Å². The first kappa shape index (κ1) is 19.9. The summed E-state index contributed by atoms with van der Waals surface area (Å²) in [5.74, 6) is -1.26. The summed E-state index contributed by atoms with van der Waals surface area (Å²) in [7, 11) is 0. The van der Waals surface area contributed by atoms with Crippen molar-refractivity contribution in [3.05, 3.63) is 30.1 Å². The molecule has 2 heterocycles. The van der Waals surface area contributed by atoms with E-state index in [1.807, 2.05) is 0 Å². The number of benzene rings is 1. The summed E-state index contributed by atoms with van der Waals surface area (Å²) >= 11 is 1.06. The van der Waals surface area contributed by atoms with Gasteiger partial charge < -0.3 is 9.80 Å². The molecule has 1 aliphatic heterocycles. The lowest BCUT2D eigenvalue weighted by molar-refractivity contribution is -0.145. The molecule has 1 unspecified atom stereocenters. The number of para-hydroxylation sites is 1. The summed E-state index contributed by atoms with van der Waals surface area (Å²) in [6, 6.07) is 6.55. The number of hydrogen-bond donors (Lipinski definition) is 0. The molecule has 0 bridgehead atoms. The van der Waals surface area contributed by atoms with Gasteiger partial charge in [-0.1, -0.05) is 36.9 Å². The Labute approximate surface area is 159 Å². The molecule has 3 rings (SSSR count). The van der Waals surface area contributed by atoms with E-state index in [2.05, 4.69) is 21.8 Å². The van der Waals surface area contributed by atoms with Gasteiger partial charge in [0.15, 0.2) is 0 Å². The maximum atomic E-state index is 13.1. The molecular weight excluding hydrogens is 377 g/mol. The molecule has 0 saturated carbocycles. The van der Waals surface area contributed by atoms with E-state index in [9.17, 15) is 18.0 Å². The maximum absolute atomic E-state index is 13.1. The zero-order valence-corrected chi connectivity index (χ0v) is 16.0. The number of carbonyl (C=O) groups excluding carboxylic acids is 1. The van der Waals surface area contributed by atoms with Crippen LogP contribution in [0.1, 0.15) is 19.7 Å². The summed E-state index contributed by atoms with van der Waals surface area (Å²) in [6.07, 6.45) is -4.64. The molecule has 1 saturated heterocycles. The SMILES string of the molecule is CCN1CCN(C(=O)C(C)Sc2nc(C(F)(F)F)nc3ccccc23)CC1. The summed E-state index contributed by atoms with van der Waals surface area (Å²) in [5.41, 5.74) is 0.221. The Morgan fingerprint density at radius 1 is 1.19 bits per heavy atom. The molecule has 5 nitrogen and oxygen atoms in total. The number of halogens is 3. The fraction of sp³-hybridized carbons (Fsp3) is 0.500. The van der Waals surface area contributed by atoms with Crippen LogP contribution in [-0.2, 0) is 11.0 Å². The van der Waals surface area contributed by atoms with Crippen LogP contribution in [0.2, 0.25) is 0 Å². The van der Waals surface area contributed by atoms with Crippen molar-refractivity contribution < 1.29 is 18.0 Å². The van der Waals surface area contributed by atoms with E-state index >= 15 is 0 Å². The van der Waals surface area contributed by atoms with E-state index in [1.54, 1.807) is 30.0 Å². The van der Waals surface area contributed by atoms with Crippen LogP contribution >= 0.6 is 11.8 Å². The lowest BCUT2D eigenvalue weighted by Gasteiger charge is -2.35. The van der Waals surface area contributed by atoms with Gasteiger partial charge in [-0.2, -0.15) is 13.2 Å². The predicted molar refractivity (Wildman–Crippen MR) is 98.6 cm³/mol. The van der Waals surface area contributed by atoms with E-state index in [-0.39, 0.29) is 16.4 Å². The summed E-state index contributed by atoms with van der Waals surface area (Å²) in [6.45, 7) is 7.63. The van der Waals surface area contributed by atoms with Crippen molar-refractivity contribution in [1.82, 2.24) is 19.8 Å². The van der Waals surface area contributed by atoms with Gasteiger partial charge in [0.05, 0.1) is 10.8 Å². The van der Waals surface area contributed by atoms with Crippen LogP contribution in [0.4, 0.5) is 13.2 Å². The lowest BCUT2D eigenvalue weighted by Crippen LogP contribution is -2.50. The van der Waals surface area contributed by atoms with Crippen molar-refractivity contribution in [3.63, 3.8) is 0 Å². The number of rotatable bonds is 4. The van der Waals surface area contributed by atoms with Crippen molar-refractivity contribution in [2.45, 2.75) is 30.3 Å². The van der Waals surface area contributed by atoms with Gasteiger partial charge in [-0.3, -0.25) is 4.79 Å². The largest absolute Gasteiger partial charge is 0.451 e. The molecule has 1 amide bonds. The molecule has 1 atom stereocenters. The molecule has 0 N–H and O–H groups in total. The van der Waals surface area contributed by atoms with Gasteiger partial charge in [-0.15, -0.1) is 0 Å². The molecule has 146 valence electrons. The topological polar surface area (TPSA) is 49.3 Å². The highest BCUT2D eigenvalue weighted by Crippen LogP contribution is 2.34. The van der Waals surface area contributed by atoms with Crippen LogP contribution in [0, 0.1) is 0 Å². The average Bonchev–Trinajstić information content (AvgIpc) is 2.66. The van der Waals surface area contributed by atoms with Gasteiger partial charge in [-0.25, -0.2) is 9.97 Å². The van der Waals surface area contributed by atoms with Crippen molar-refractivity contribution in [2.24, 2.45) is 0 Å². The van der Waals surface area contributed by atoms with Crippen LogP contribution in [0.5, 0.6) is 0 Å². The number of alkyl halides is 3.